The van der Waals surface area contributed by atoms with Crippen LogP contribution in [0.2, 0.25) is 0 Å². The summed E-state index contributed by atoms with van der Waals surface area (Å²) >= 11 is 0. The summed E-state index contributed by atoms with van der Waals surface area (Å²) in [4.78, 5) is 34.9. The highest BCUT2D eigenvalue weighted by Crippen LogP contribution is 2.52. The van der Waals surface area contributed by atoms with E-state index in [0.29, 0.717) is 41.8 Å². The third kappa shape index (κ3) is 3.20. The number of nitrogens with one attached hydrogen (secondary N) is 1. The minimum Gasteiger partial charge on any atom is -0.355 e. The lowest BCUT2D eigenvalue weighted by atomic mass is 9.84. The molecule has 7 nitrogen and oxygen atoms in total. The molecule has 0 radical (unpaired) electrons. The summed E-state index contributed by atoms with van der Waals surface area (Å²) in [6.45, 7) is 2.39. The Morgan fingerprint density at radius 1 is 1.31 bits per heavy atom. The molecule has 5 rings (SSSR count). The monoisotopic (exact) mass is 397 g/mol. The van der Waals surface area contributed by atoms with Crippen LogP contribution in [0.4, 0.5) is 10.3 Å². The van der Waals surface area contributed by atoms with E-state index in [1.54, 1.807) is 7.05 Å². The van der Waals surface area contributed by atoms with E-state index in [1.165, 1.54) is 29.3 Å². The highest BCUT2D eigenvalue weighted by Gasteiger charge is 2.56. The van der Waals surface area contributed by atoms with Gasteiger partial charge in [-0.1, -0.05) is 6.42 Å². The molecule has 3 fully saturated rings. The molecule has 2 aromatic rings. The number of fused-ring (bicyclic) bond motifs is 1. The first kappa shape index (κ1) is 18.3. The molecule has 152 valence electrons. The molecular weight excluding hydrogens is 373 g/mol. The SMILES string of the molecule is Cn1c(NCC2C3CN(C(=O)C4CCC4)CC23)nc(-c2ccncc2F)cc1=O. The van der Waals surface area contributed by atoms with E-state index in [2.05, 4.69) is 15.3 Å². The fourth-order valence-electron chi connectivity index (χ4n) is 4.67. The quantitative estimate of drug-likeness (QED) is 0.834. The molecule has 8 heteroatoms. The number of halogens is 1. The summed E-state index contributed by atoms with van der Waals surface area (Å²) in [7, 11) is 1.65. The number of hydrogen-bond donors (Lipinski definition) is 1. The van der Waals surface area contributed by atoms with Gasteiger partial charge in [0, 0.05) is 50.4 Å². The summed E-state index contributed by atoms with van der Waals surface area (Å²) < 4.78 is 15.5. The lowest BCUT2D eigenvalue weighted by molar-refractivity contribution is -0.137. The molecule has 0 aromatic carbocycles. The molecule has 29 heavy (non-hydrogen) atoms. The number of rotatable bonds is 5. The zero-order valence-corrected chi connectivity index (χ0v) is 16.3. The van der Waals surface area contributed by atoms with Crippen molar-refractivity contribution in [3.8, 4) is 11.3 Å². The van der Waals surface area contributed by atoms with Crippen molar-refractivity contribution in [2.24, 2.45) is 30.7 Å². The molecule has 2 saturated carbocycles. The van der Waals surface area contributed by atoms with E-state index in [1.807, 2.05) is 4.90 Å². The van der Waals surface area contributed by atoms with Crippen molar-refractivity contribution >= 4 is 11.9 Å². The van der Waals surface area contributed by atoms with Gasteiger partial charge in [0.1, 0.15) is 0 Å². The normalized spacial score (nSPS) is 25.4. The molecule has 1 saturated heterocycles. The van der Waals surface area contributed by atoms with Crippen molar-refractivity contribution in [2.45, 2.75) is 19.3 Å². The van der Waals surface area contributed by atoms with Crippen LogP contribution in [0.25, 0.3) is 11.3 Å². The van der Waals surface area contributed by atoms with Gasteiger partial charge in [-0.2, -0.15) is 0 Å². The van der Waals surface area contributed by atoms with Crippen LogP contribution in [-0.4, -0.2) is 45.0 Å². The van der Waals surface area contributed by atoms with E-state index >= 15 is 0 Å². The number of anilines is 1. The summed E-state index contributed by atoms with van der Waals surface area (Å²) in [5.41, 5.74) is 0.305. The van der Waals surface area contributed by atoms with Crippen LogP contribution >= 0.6 is 0 Å². The van der Waals surface area contributed by atoms with Crippen molar-refractivity contribution in [3.63, 3.8) is 0 Å². The fraction of sp³-hybridized carbons (Fsp3) is 0.524. The van der Waals surface area contributed by atoms with Crippen molar-refractivity contribution in [3.05, 3.63) is 40.7 Å². The molecule has 2 unspecified atom stereocenters. The number of carbonyl (C=O) groups excluding carboxylic acids is 1. The number of pyridine rings is 1. The summed E-state index contributed by atoms with van der Waals surface area (Å²) in [5.74, 6) is 2.07. The maximum atomic E-state index is 14.0. The van der Waals surface area contributed by atoms with Gasteiger partial charge in [0.25, 0.3) is 5.56 Å². The Hall–Kier alpha value is -2.77. The predicted octanol–water partition coefficient (Wildman–Crippen LogP) is 1.90. The van der Waals surface area contributed by atoms with Gasteiger partial charge in [0.2, 0.25) is 11.9 Å². The van der Waals surface area contributed by atoms with Crippen LogP contribution < -0.4 is 10.9 Å². The third-order valence-electron chi connectivity index (χ3n) is 6.82. The van der Waals surface area contributed by atoms with E-state index in [4.69, 9.17) is 0 Å². The van der Waals surface area contributed by atoms with Gasteiger partial charge in [-0.05, 0) is 36.7 Å². The van der Waals surface area contributed by atoms with E-state index in [9.17, 15) is 14.0 Å². The minimum absolute atomic E-state index is 0.248. The summed E-state index contributed by atoms with van der Waals surface area (Å²) in [5, 5.41) is 3.27. The highest BCUT2D eigenvalue weighted by molar-refractivity contribution is 5.80. The second-order valence-corrected chi connectivity index (χ2v) is 8.46. The number of likely N-dealkylation sites (tertiary alicyclic amines) is 1. The molecule has 1 aliphatic heterocycles. The van der Waals surface area contributed by atoms with Crippen LogP contribution in [0.3, 0.4) is 0 Å². The lowest BCUT2D eigenvalue weighted by Gasteiger charge is -2.30. The predicted molar refractivity (Wildman–Crippen MR) is 106 cm³/mol. The van der Waals surface area contributed by atoms with Gasteiger partial charge in [0.05, 0.1) is 11.9 Å². The Labute approximate surface area is 168 Å². The lowest BCUT2D eigenvalue weighted by Crippen LogP contribution is -2.39. The van der Waals surface area contributed by atoms with Crippen LogP contribution in [0.15, 0.2) is 29.3 Å². The number of aromatic nitrogens is 3. The molecule has 1 amide bonds. The second kappa shape index (κ2) is 6.93. The van der Waals surface area contributed by atoms with E-state index in [0.717, 1.165) is 32.1 Å². The van der Waals surface area contributed by atoms with Gasteiger partial charge in [0.15, 0.2) is 5.82 Å². The van der Waals surface area contributed by atoms with Crippen LogP contribution in [0, 0.1) is 29.5 Å². The van der Waals surface area contributed by atoms with Gasteiger partial charge < -0.3 is 10.2 Å². The first-order valence-electron chi connectivity index (χ1n) is 10.2. The minimum atomic E-state index is -0.507. The molecule has 1 N–H and O–H groups in total. The first-order chi connectivity index (χ1) is 14.0. The highest BCUT2D eigenvalue weighted by atomic mass is 19.1. The Morgan fingerprint density at radius 2 is 2.07 bits per heavy atom. The molecule has 3 aliphatic rings. The fourth-order valence-corrected chi connectivity index (χ4v) is 4.67. The topological polar surface area (TPSA) is 80.1 Å². The Balaban J connectivity index is 1.24. The first-order valence-corrected chi connectivity index (χ1v) is 10.2. The van der Waals surface area contributed by atoms with Gasteiger partial charge in [-0.25, -0.2) is 9.37 Å². The van der Waals surface area contributed by atoms with Crippen molar-refractivity contribution in [2.75, 3.05) is 25.0 Å². The maximum absolute atomic E-state index is 14.0. The average Bonchev–Trinajstić information content (AvgIpc) is 3.11. The largest absolute Gasteiger partial charge is 0.355 e. The average molecular weight is 397 g/mol. The molecular formula is C21H24FN5O2. The Morgan fingerprint density at radius 3 is 2.72 bits per heavy atom. The summed E-state index contributed by atoms with van der Waals surface area (Å²) in [6, 6.07) is 2.85. The van der Waals surface area contributed by atoms with Crippen LogP contribution in [0.1, 0.15) is 19.3 Å². The Kier molecular flexibility index (Phi) is 4.37. The molecule has 3 heterocycles. The van der Waals surface area contributed by atoms with E-state index in [-0.39, 0.29) is 17.0 Å². The smallest absolute Gasteiger partial charge is 0.255 e. The molecule has 2 aliphatic carbocycles. The number of carbonyl (C=O) groups is 1. The van der Waals surface area contributed by atoms with Crippen molar-refractivity contribution in [1.82, 2.24) is 19.4 Å². The Bertz CT molecular complexity index is 1010. The van der Waals surface area contributed by atoms with Gasteiger partial charge in [-0.3, -0.25) is 19.1 Å². The number of hydrogen-bond acceptors (Lipinski definition) is 5. The van der Waals surface area contributed by atoms with Crippen LogP contribution in [-0.2, 0) is 11.8 Å². The number of amides is 1. The second-order valence-electron chi connectivity index (χ2n) is 8.46. The molecule has 2 aromatic heterocycles. The summed E-state index contributed by atoms with van der Waals surface area (Å²) in [6.07, 6.45) is 5.86. The van der Waals surface area contributed by atoms with Crippen LogP contribution in [0.5, 0.6) is 0 Å². The zero-order valence-electron chi connectivity index (χ0n) is 16.3. The van der Waals surface area contributed by atoms with Crippen molar-refractivity contribution < 1.29 is 9.18 Å². The maximum Gasteiger partial charge on any atom is 0.255 e. The van der Waals surface area contributed by atoms with Gasteiger partial charge >= 0.3 is 0 Å². The zero-order chi connectivity index (χ0) is 20.1. The third-order valence-corrected chi connectivity index (χ3v) is 6.82. The van der Waals surface area contributed by atoms with Crippen molar-refractivity contribution in [1.29, 1.82) is 0 Å². The molecule has 0 bridgehead atoms. The van der Waals surface area contributed by atoms with E-state index < -0.39 is 5.82 Å². The number of nitrogens with zero attached hydrogens (tertiary/aromatic N) is 4. The molecule has 2 atom stereocenters. The van der Waals surface area contributed by atoms with Gasteiger partial charge in [-0.15, -0.1) is 0 Å². The molecule has 0 spiro atoms. The standard InChI is InChI=1S/C21H24FN5O2/c1-26-19(28)7-18(13-5-6-23-9-17(13)22)25-21(26)24-8-14-15-10-27(11-16(14)15)20(29)12-3-2-4-12/h5-7,9,12,14-16H,2-4,8,10-11H2,1H3,(H,24,25). The number of piperidine rings is 1.